The number of carbonyl (C=O) groups is 2. The average molecular weight is 699 g/mol. The molecule has 0 aromatic heterocycles. The molecule has 1 aliphatic rings. The third-order valence-electron chi connectivity index (χ3n) is 5.00. The quantitative estimate of drug-likeness (QED) is 0.219. The minimum atomic E-state index is -1.21. The Morgan fingerprint density at radius 1 is 1.12 bits per heavy atom. The number of aliphatic hydroxyl groups excluding tert-OH is 1. The molecule has 1 aliphatic heterocycles. The van der Waals surface area contributed by atoms with Crippen molar-refractivity contribution in [2.24, 2.45) is 5.92 Å². The molecule has 2 N–H and O–H groups in total. The van der Waals surface area contributed by atoms with Crippen LogP contribution in [0.25, 0.3) is 5.73 Å². The fraction of sp³-hybridized carbons (Fsp3) is 0.833. The Hall–Kier alpha value is -0.238. The normalized spacial score (nSPS) is 23.9. The van der Waals surface area contributed by atoms with Crippen LogP contribution in [0.1, 0.15) is 68.7 Å². The van der Waals surface area contributed by atoms with Crippen LogP contribution in [0.3, 0.4) is 0 Å². The van der Waals surface area contributed by atoms with Crippen molar-refractivity contribution in [1.29, 1.82) is 0 Å². The van der Waals surface area contributed by atoms with Gasteiger partial charge in [-0.05, 0) is 74.7 Å². The fourth-order valence-corrected chi connectivity index (χ4v) is 3.80. The van der Waals surface area contributed by atoms with Crippen molar-refractivity contribution in [3.05, 3.63) is 17.9 Å². The van der Waals surface area contributed by atoms with Crippen LogP contribution in [-0.2, 0) is 23.7 Å². The molecule has 1 amide bonds. The summed E-state index contributed by atoms with van der Waals surface area (Å²) < 4.78 is 22.0. The van der Waals surface area contributed by atoms with Gasteiger partial charge < -0.3 is 29.8 Å². The van der Waals surface area contributed by atoms with E-state index in [9.17, 15) is 14.7 Å². The summed E-state index contributed by atoms with van der Waals surface area (Å²) in [5.74, 6) is -0.908. The molecule has 34 heavy (non-hydrogen) atoms. The van der Waals surface area contributed by atoms with E-state index in [-0.39, 0.29) is 63.0 Å². The number of hydrogen-bond acceptors (Lipinski definition) is 7. The van der Waals surface area contributed by atoms with Crippen molar-refractivity contribution in [3.8, 4) is 0 Å². The number of rotatable bonds is 9. The number of hydrogen-bond donors (Lipinski definition) is 1. The van der Waals surface area contributed by atoms with Crippen LogP contribution in [0.5, 0.6) is 0 Å². The van der Waals surface area contributed by atoms with E-state index < -0.39 is 53.8 Å². The predicted molar refractivity (Wildman–Crippen MR) is 126 cm³/mol. The second-order valence-corrected chi connectivity index (χ2v) is 10.3. The van der Waals surface area contributed by atoms with Gasteiger partial charge in [0.25, 0.3) is 0 Å². The van der Waals surface area contributed by atoms with Gasteiger partial charge in [0, 0.05) is 56.7 Å². The summed E-state index contributed by atoms with van der Waals surface area (Å²) in [6.07, 6.45) is 1.46. The van der Waals surface area contributed by atoms with Crippen LogP contribution in [0.2, 0.25) is 0 Å². The van der Waals surface area contributed by atoms with Gasteiger partial charge in [-0.2, -0.15) is 0 Å². The van der Waals surface area contributed by atoms with E-state index in [1.165, 1.54) is 4.90 Å². The van der Waals surface area contributed by atoms with Crippen LogP contribution >= 0.6 is 0 Å². The van der Waals surface area contributed by atoms with E-state index in [1.807, 2.05) is 26.0 Å². The largest absolute Gasteiger partial charge is 0.671 e. The van der Waals surface area contributed by atoms with Gasteiger partial charge in [0.05, 0.1) is 12.7 Å². The van der Waals surface area contributed by atoms with E-state index in [0.29, 0.717) is 6.61 Å². The Labute approximate surface area is 240 Å². The standard InChI is InChI=1S/C24H43N2O7.Ac/c1-10-12-16-13-17(21(28)32-23(4,5)6)26(22(29)33-24(7,8)9)20(16)19(25)18(27)14-31-15(3)30-11-2;/h10,12,15-20,25,27H,11,13-14H2,1-9H3;/q-1;/b12-10-;/t15?,16-,17-,18+,19+,20-;/m1./s1. The van der Waals surface area contributed by atoms with E-state index in [2.05, 4.69) is 0 Å². The van der Waals surface area contributed by atoms with Crippen molar-refractivity contribution in [3.63, 3.8) is 0 Å². The Morgan fingerprint density at radius 2 is 1.68 bits per heavy atom. The molecule has 1 radical (unpaired) electrons. The van der Waals surface area contributed by atoms with Gasteiger partial charge in [0.1, 0.15) is 17.2 Å². The molecule has 1 unspecified atom stereocenters. The Balaban J connectivity index is 0.0000109. The zero-order valence-corrected chi connectivity index (χ0v) is 26.9. The molecule has 10 heteroatoms. The zero-order chi connectivity index (χ0) is 25.6. The Bertz CT molecular complexity index is 675. The summed E-state index contributed by atoms with van der Waals surface area (Å²) in [4.78, 5) is 27.6. The summed E-state index contributed by atoms with van der Waals surface area (Å²) in [7, 11) is 0. The first-order valence-corrected chi connectivity index (χ1v) is 11.6. The van der Waals surface area contributed by atoms with E-state index >= 15 is 0 Å². The van der Waals surface area contributed by atoms with E-state index in [4.69, 9.17) is 24.7 Å². The molecule has 0 bridgehead atoms. The van der Waals surface area contributed by atoms with Crippen LogP contribution in [-0.4, -0.2) is 77.0 Å². The molecule has 195 valence electrons. The first-order valence-electron chi connectivity index (χ1n) is 11.6. The van der Waals surface area contributed by atoms with E-state index in [0.717, 1.165) is 0 Å². The minimum absolute atomic E-state index is 0. The first kappa shape index (κ1) is 33.8. The third-order valence-corrected chi connectivity index (χ3v) is 5.00. The summed E-state index contributed by atoms with van der Waals surface area (Å²) in [6.45, 7) is 16.2. The van der Waals surface area contributed by atoms with Gasteiger partial charge in [0.15, 0.2) is 6.29 Å². The molecule has 0 aromatic rings. The molecule has 0 spiro atoms. The van der Waals surface area contributed by atoms with Gasteiger partial charge in [-0.1, -0.05) is 18.2 Å². The molecule has 1 heterocycles. The number of allylic oxidation sites excluding steroid dienone is 1. The predicted octanol–water partition coefficient (Wildman–Crippen LogP) is 4.08. The summed E-state index contributed by atoms with van der Waals surface area (Å²) in [5.41, 5.74) is 7.25. The van der Waals surface area contributed by atoms with Gasteiger partial charge in [0.2, 0.25) is 0 Å². The maximum Gasteiger partial charge on any atom is 0.411 e. The molecule has 1 saturated heterocycles. The summed E-state index contributed by atoms with van der Waals surface area (Å²) in [6, 6.07) is -2.90. The number of amides is 1. The van der Waals surface area contributed by atoms with Gasteiger partial charge in [-0.15, -0.1) is 0 Å². The number of carbonyl (C=O) groups excluding carboxylic acids is 2. The number of likely N-dealkylation sites (tertiary alicyclic amines) is 1. The van der Waals surface area contributed by atoms with Crippen molar-refractivity contribution < 1.29 is 77.7 Å². The van der Waals surface area contributed by atoms with E-state index in [1.54, 1.807) is 48.5 Å². The number of aliphatic hydroxyl groups is 1. The van der Waals surface area contributed by atoms with Gasteiger partial charge in [-0.3, -0.25) is 4.90 Å². The summed E-state index contributed by atoms with van der Waals surface area (Å²) in [5, 5.41) is 10.7. The third kappa shape index (κ3) is 10.8. The second-order valence-electron chi connectivity index (χ2n) is 10.3. The molecule has 0 saturated carbocycles. The fourth-order valence-electron chi connectivity index (χ4n) is 3.80. The van der Waals surface area contributed by atoms with Crippen molar-refractivity contribution >= 4 is 12.1 Å². The van der Waals surface area contributed by atoms with Crippen LogP contribution < -0.4 is 0 Å². The molecule has 1 rings (SSSR count). The molecule has 0 aromatic carbocycles. The molecule has 9 nitrogen and oxygen atoms in total. The van der Waals surface area contributed by atoms with Crippen LogP contribution in [0.15, 0.2) is 12.2 Å². The SMILES string of the molecule is C/C=C\[C@@H]1C[C@H](C(=O)OC(C)(C)C)N(C(=O)OC(C)(C)C)[C@H]1[C@@H]([NH-])[C@@H](O)COC(C)OCC.[Ac]. The number of ether oxygens (including phenoxy) is 4. The van der Waals surface area contributed by atoms with Gasteiger partial charge in [-0.25, -0.2) is 9.59 Å². The second kappa shape index (κ2) is 14.5. The van der Waals surface area contributed by atoms with Gasteiger partial charge >= 0.3 is 12.1 Å². The van der Waals surface area contributed by atoms with Crippen molar-refractivity contribution in [1.82, 2.24) is 4.90 Å². The van der Waals surface area contributed by atoms with Crippen LogP contribution in [0.4, 0.5) is 4.79 Å². The molecular formula is C24H43AcN2O7-. The zero-order valence-electron chi connectivity index (χ0n) is 22.2. The van der Waals surface area contributed by atoms with Crippen molar-refractivity contribution in [2.75, 3.05) is 13.2 Å². The summed E-state index contributed by atoms with van der Waals surface area (Å²) >= 11 is 0. The first-order chi connectivity index (χ1) is 15.1. The molecular weight excluding hydrogens is 655 g/mol. The smallest absolute Gasteiger partial charge is 0.411 e. The van der Waals surface area contributed by atoms with Crippen molar-refractivity contribution in [2.45, 2.75) is 110 Å². The average Bonchev–Trinajstić information content (AvgIpc) is 3.03. The molecule has 0 aliphatic carbocycles. The maximum atomic E-state index is 13.2. The number of nitrogens with zero attached hydrogens (tertiary/aromatic N) is 1. The topological polar surface area (TPSA) is 118 Å². The maximum absolute atomic E-state index is 13.2. The minimum Gasteiger partial charge on any atom is -0.671 e. The number of esters is 1. The molecule has 6 atom stereocenters. The Kier molecular flexibility index (Phi) is 14.4. The van der Waals surface area contributed by atoms with Crippen LogP contribution in [0, 0.1) is 50.0 Å². The number of nitrogens with one attached hydrogen (secondary N) is 1. The monoisotopic (exact) mass is 698 g/mol. The Morgan fingerprint density at radius 3 is 2.15 bits per heavy atom. The molecule has 1 fully saturated rings.